The van der Waals surface area contributed by atoms with Crippen LogP contribution in [0.25, 0.3) is 0 Å². The Kier molecular flexibility index (Phi) is 7.59. The van der Waals surface area contributed by atoms with E-state index in [0.29, 0.717) is 0 Å². The Morgan fingerprint density at radius 1 is 1.38 bits per heavy atom. The van der Waals surface area contributed by atoms with Crippen LogP contribution in [0, 0.1) is 0 Å². The van der Waals surface area contributed by atoms with Crippen molar-refractivity contribution >= 4 is 11.8 Å². The first-order valence-electron chi connectivity index (χ1n) is 3.07. The first-order valence-corrected chi connectivity index (χ1v) is 4.22. The SMILES string of the molecule is CCCOCSCC. The standard InChI is InChI=1S/C6H14OS/c1-3-5-7-6-8-4-2/h3-6H2,1-2H3. The molecule has 0 atom stereocenters. The van der Waals surface area contributed by atoms with Gasteiger partial charge in [0, 0.05) is 6.61 Å². The molecule has 0 rings (SSSR count). The van der Waals surface area contributed by atoms with Crippen LogP contribution in [0.5, 0.6) is 0 Å². The van der Waals surface area contributed by atoms with Crippen LogP contribution in [0.2, 0.25) is 0 Å². The first kappa shape index (κ1) is 8.31. The van der Waals surface area contributed by atoms with Crippen molar-refractivity contribution in [3.63, 3.8) is 0 Å². The maximum absolute atomic E-state index is 5.19. The Morgan fingerprint density at radius 2 is 2.12 bits per heavy atom. The van der Waals surface area contributed by atoms with Crippen molar-refractivity contribution in [2.45, 2.75) is 20.3 Å². The predicted molar refractivity (Wildman–Crippen MR) is 39.2 cm³/mol. The molecule has 0 aromatic heterocycles. The van der Waals surface area contributed by atoms with Gasteiger partial charge in [0.15, 0.2) is 0 Å². The fourth-order valence-electron chi connectivity index (χ4n) is 0.346. The van der Waals surface area contributed by atoms with Crippen LogP contribution in [0.1, 0.15) is 20.3 Å². The molecule has 0 amide bonds. The quantitative estimate of drug-likeness (QED) is 0.421. The third-order valence-electron chi connectivity index (χ3n) is 0.719. The maximum Gasteiger partial charge on any atom is 0.0920 e. The van der Waals surface area contributed by atoms with Gasteiger partial charge in [-0.25, -0.2) is 0 Å². The Labute approximate surface area is 55.8 Å². The van der Waals surface area contributed by atoms with Crippen LogP contribution < -0.4 is 0 Å². The molecular formula is C6H14OS. The molecule has 0 bridgehead atoms. The fourth-order valence-corrected chi connectivity index (χ4v) is 0.748. The van der Waals surface area contributed by atoms with Gasteiger partial charge in [-0.3, -0.25) is 0 Å². The number of hydrogen-bond acceptors (Lipinski definition) is 2. The van der Waals surface area contributed by atoms with Gasteiger partial charge in [-0.05, 0) is 12.2 Å². The van der Waals surface area contributed by atoms with Crippen LogP contribution >= 0.6 is 11.8 Å². The molecule has 0 saturated carbocycles. The summed E-state index contributed by atoms with van der Waals surface area (Å²) in [5.41, 5.74) is 0. The second kappa shape index (κ2) is 7.31. The highest BCUT2D eigenvalue weighted by molar-refractivity contribution is 7.99. The van der Waals surface area contributed by atoms with Crippen LogP contribution in [0.3, 0.4) is 0 Å². The van der Waals surface area contributed by atoms with Gasteiger partial charge in [-0.1, -0.05) is 13.8 Å². The number of hydrogen-bond donors (Lipinski definition) is 0. The molecule has 0 saturated heterocycles. The number of rotatable bonds is 5. The second-order valence-electron chi connectivity index (χ2n) is 1.52. The van der Waals surface area contributed by atoms with Gasteiger partial charge < -0.3 is 4.74 Å². The maximum atomic E-state index is 5.19. The molecule has 1 nitrogen and oxygen atoms in total. The lowest BCUT2D eigenvalue weighted by Crippen LogP contribution is -1.90. The molecule has 0 aliphatic heterocycles. The summed E-state index contributed by atoms with van der Waals surface area (Å²) in [6.45, 7) is 5.17. The van der Waals surface area contributed by atoms with Gasteiger partial charge in [0.2, 0.25) is 0 Å². The average molecular weight is 134 g/mol. The summed E-state index contributed by atoms with van der Waals surface area (Å²) in [6, 6.07) is 0. The van der Waals surface area contributed by atoms with Crippen molar-refractivity contribution in [3.8, 4) is 0 Å². The number of ether oxygens (including phenoxy) is 1. The second-order valence-corrected chi connectivity index (χ2v) is 2.74. The van der Waals surface area contributed by atoms with Crippen molar-refractivity contribution < 1.29 is 4.74 Å². The molecule has 0 fully saturated rings. The molecule has 0 aromatic carbocycles. The summed E-state index contributed by atoms with van der Waals surface area (Å²) >= 11 is 1.83. The highest BCUT2D eigenvalue weighted by atomic mass is 32.2. The minimum Gasteiger partial charge on any atom is -0.371 e. The van der Waals surface area contributed by atoms with Crippen molar-refractivity contribution in [3.05, 3.63) is 0 Å². The van der Waals surface area contributed by atoms with E-state index in [1.165, 1.54) is 0 Å². The van der Waals surface area contributed by atoms with E-state index in [1.54, 1.807) is 0 Å². The largest absolute Gasteiger partial charge is 0.371 e. The van der Waals surface area contributed by atoms with Gasteiger partial charge in [0.05, 0.1) is 5.94 Å². The van der Waals surface area contributed by atoms with Gasteiger partial charge in [0.25, 0.3) is 0 Å². The van der Waals surface area contributed by atoms with Gasteiger partial charge in [-0.15, -0.1) is 11.8 Å². The van der Waals surface area contributed by atoms with E-state index in [4.69, 9.17) is 4.74 Å². The Balaban J connectivity index is 2.53. The van der Waals surface area contributed by atoms with E-state index in [-0.39, 0.29) is 0 Å². The monoisotopic (exact) mass is 134 g/mol. The topological polar surface area (TPSA) is 9.23 Å². The molecular weight excluding hydrogens is 120 g/mol. The lowest BCUT2D eigenvalue weighted by molar-refractivity contribution is 0.183. The van der Waals surface area contributed by atoms with Gasteiger partial charge in [-0.2, -0.15) is 0 Å². The molecule has 0 heterocycles. The molecule has 0 radical (unpaired) electrons. The zero-order valence-corrected chi connectivity index (χ0v) is 6.46. The van der Waals surface area contributed by atoms with Crippen LogP contribution in [-0.2, 0) is 4.74 Å². The zero-order valence-electron chi connectivity index (χ0n) is 5.64. The normalized spacial score (nSPS) is 9.75. The van der Waals surface area contributed by atoms with E-state index < -0.39 is 0 Å². The minimum absolute atomic E-state index is 0.865. The van der Waals surface area contributed by atoms with Crippen LogP contribution in [-0.4, -0.2) is 18.3 Å². The Morgan fingerprint density at radius 3 is 2.62 bits per heavy atom. The van der Waals surface area contributed by atoms with Crippen LogP contribution in [0.15, 0.2) is 0 Å². The summed E-state index contributed by atoms with van der Waals surface area (Å²) in [5, 5.41) is 0. The average Bonchev–Trinajstić information content (AvgIpc) is 1.81. The third-order valence-corrected chi connectivity index (χ3v) is 1.46. The van der Waals surface area contributed by atoms with E-state index in [1.807, 2.05) is 11.8 Å². The molecule has 0 unspecified atom stereocenters. The molecule has 8 heavy (non-hydrogen) atoms. The molecule has 0 aliphatic rings. The lowest BCUT2D eigenvalue weighted by Gasteiger charge is -1.97. The third kappa shape index (κ3) is 6.31. The molecule has 0 aliphatic carbocycles. The Hall–Kier alpha value is 0.310. The summed E-state index contributed by atoms with van der Waals surface area (Å²) in [6.07, 6.45) is 1.13. The summed E-state index contributed by atoms with van der Waals surface area (Å²) in [5.74, 6) is 2.02. The van der Waals surface area contributed by atoms with Gasteiger partial charge >= 0.3 is 0 Å². The van der Waals surface area contributed by atoms with E-state index >= 15 is 0 Å². The smallest absolute Gasteiger partial charge is 0.0920 e. The van der Waals surface area contributed by atoms with E-state index in [9.17, 15) is 0 Å². The minimum atomic E-state index is 0.865. The number of thioether (sulfide) groups is 1. The van der Waals surface area contributed by atoms with Crippen LogP contribution in [0.4, 0.5) is 0 Å². The van der Waals surface area contributed by atoms with E-state index in [0.717, 1.165) is 24.7 Å². The zero-order chi connectivity index (χ0) is 6.24. The molecule has 0 N–H and O–H groups in total. The molecule has 2 heteroatoms. The van der Waals surface area contributed by atoms with Gasteiger partial charge in [0.1, 0.15) is 0 Å². The molecule has 50 valence electrons. The predicted octanol–water partition coefficient (Wildman–Crippen LogP) is 2.12. The summed E-state index contributed by atoms with van der Waals surface area (Å²) in [4.78, 5) is 0. The summed E-state index contributed by atoms with van der Waals surface area (Å²) < 4.78 is 5.19. The van der Waals surface area contributed by atoms with Crippen molar-refractivity contribution in [2.75, 3.05) is 18.3 Å². The Bertz CT molecular complexity index is 33.5. The first-order chi connectivity index (χ1) is 3.91. The van der Waals surface area contributed by atoms with Crippen molar-refractivity contribution in [1.29, 1.82) is 0 Å². The highest BCUT2D eigenvalue weighted by Gasteiger charge is 1.81. The van der Waals surface area contributed by atoms with Crippen molar-refractivity contribution in [2.24, 2.45) is 0 Å². The molecule has 0 spiro atoms. The summed E-state index contributed by atoms with van der Waals surface area (Å²) in [7, 11) is 0. The molecule has 0 aromatic rings. The lowest BCUT2D eigenvalue weighted by atomic mass is 10.5. The highest BCUT2D eigenvalue weighted by Crippen LogP contribution is 1.97. The van der Waals surface area contributed by atoms with Crippen molar-refractivity contribution in [1.82, 2.24) is 0 Å². The fraction of sp³-hybridized carbons (Fsp3) is 1.00. The van der Waals surface area contributed by atoms with E-state index in [2.05, 4.69) is 13.8 Å².